The van der Waals surface area contributed by atoms with E-state index in [2.05, 4.69) is 52.7 Å². The topological polar surface area (TPSA) is 21.1 Å². The minimum Gasteiger partial charge on any atom is -0.310 e. The smallest absolute Gasteiger partial charge is 0.0642 e. The highest BCUT2D eigenvalue weighted by Crippen LogP contribution is 2.33. The zero-order chi connectivity index (χ0) is 14.4. The van der Waals surface area contributed by atoms with E-state index in [1.807, 2.05) is 18.5 Å². The molecule has 3 nitrogen and oxygen atoms in total. The Morgan fingerprint density at radius 1 is 1.19 bits per heavy atom. The van der Waals surface area contributed by atoms with Crippen LogP contribution in [0.2, 0.25) is 0 Å². The van der Waals surface area contributed by atoms with Crippen LogP contribution >= 0.6 is 0 Å². The molecule has 1 aromatic carbocycles. The number of likely N-dealkylation sites (N-methyl/N-ethyl adjacent to an activating group) is 1. The molecule has 0 N–H and O–H groups in total. The van der Waals surface area contributed by atoms with Crippen molar-refractivity contribution in [1.82, 2.24) is 14.5 Å². The number of fused-ring (bicyclic) bond motifs is 3. The summed E-state index contributed by atoms with van der Waals surface area (Å²) >= 11 is 0. The van der Waals surface area contributed by atoms with Gasteiger partial charge in [0.15, 0.2) is 0 Å². The number of hydrogen-bond donors (Lipinski definition) is 0. The van der Waals surface area contributed by atoms with Crippen LogP contribution in [0.1, 0.15) is 16.8 Å². The predicted octanol–water partition coefficient (Wildman–Crippen LogP) is 3.32. The normalized spacial score (nSPS) is 15.3. The number of benzene rings is 1. The zero-order valence-corrected chi connectivity index (χ0v) is 12.5. The van der Waals surface area contributed by atoms with Gasteiger partial charge in [0.05, 0.1) is 17.4 Å². The van der Waals surface area contributed by atoms with Gasteiger partial charge in [-0.05, 0) is 50.2 Å². The maximum Gasteiger partial charge on any atom is 0.0642 e. The number of nitrogens with zero attached hydrogens (tertiary/aromatic N) is 3. The standard InChI is InChI=1S/C18H19N3/c1-13-5-6-17-16(10-13)15-7-9-20(2)12-18(15)21(17)14-4-3-8-19-11-14/h3-6,8,10-11H,7,9,12H2,1-2H3. The van der Waals surface area contributed by atoms with E-state index in [4.69, 9.17) is 0 Å². The average Bonchev–Trinajstić information content (AvgIpc) is 2.81. The van der Waals surface area contributed by atoms with Crippen LogP contribution in [0, 0.1) is 6.92 Å². The zero-order valence-electron chi connectivity index (χ0n) is 12.5. The molecule has 3 heterocycles. The molecule has 3 aromatic rings. The Kier molecular flexibility index (Phi) is 2.82. The van der Waals surface area contributed by atoms with E-state index in [9.17, 15) is 0 Å². The highest BCUT2D eigenvalue weighted by Gasteiger charge is 2.23. The summed E-state index contributed by atoms with van der Waals surface area (Å²) in [5.74, 6) is 0. The summed E-state index contributed by atoms with van der Waals surface area (Å²) in [5.41, 5.74) is 6.71. The average molecular weight is 277 g/mol. The molecule has 21 heavy (non-hydrogen) atoms. The minimum absolute atomic E-state index is 0.998. The van der Waals surface area contributed by atoms with Crippen LogP contribution in [0.25, 0.3) is 16.6 Å². The third-order valence-electron chi connectivity index (χ3n) is 4.40. The molecule has 0 fully saturated rings. The third-order valence-corrected chi connectivity index (χ3v) is 4.40. The predicted molar refractivity (Wildman–Crippen MR) is 85.8 cm³/mol. The van der Waals surface area contributed by atoms with Crippen LogP contribution in [0.4, 0.5) is 0 Å². The van der Waals surface area contributed by atoms with E-state index in [1.54, 1.807) is 0 Å². The Labute approximate surface area is 124 Å². The van der Waals surface area contributed by atoms with Crippen LogP contribution in [0.15, 0.2) is 42.7 Å². The molecule has 0 radical (unpaired) electrons. The molecule has 2 aromatic heterocycles. The molecule has 0 aliphatic carbocycles. The van der Waals surface area contributed by atoms with Crippen molar-refractivity contribution >= 4 is 10.9 Å². The van der Waals surface area contributed by atoms with Crippen molar-refractivity contribution in [2.45, 2.75) is 19.9 Å². The van der Waals surface area contributed by atoms with Gasteiger partial charge in [-0.25, -0.2) is 0 Å². The van der Waals surface area contributed by atoms with E-state index in [0.717, 1.165) is 25.2 Å². The fourth-order valence-corrected chi connectivity index (χ4v) is 3.39. The molecule has 0 spiro atoms. The van der Waals surface area contributed by atoms with Gasteiger partial charge in [-0.15, -0.1) is 0 Å². The number of rotatable bonds is 1. The van der Waals surface area contributed by atoms with Gasteiger partial charge in [-0.1, -0.05) is 11.6 Å². The first-order chi connectivity index (χ1) is 10.2. The molecular weight excluding hydrogens is 258 g/mol. The fourth-order valence-electron chi connectivity index (χ4n) is 3.39. The molecule has 3 heteroatoms. The Morgan fingerprint density at radius 3 is 2.90 bits per heavy atom. The molecule has 106 valence electrons. The third kappa shape index (κ3) is 1.96. The monoisotopic (exact) mass is 277 g/mol. The highest BCUT2D eigenvalue weighted by atomic mass is 15.1. The van der Waals surface area contributed by atoms with Crippen LogP contribution in [0.3, 0.4) is 0 Å². The SMILES string of the molecule is Cc1ccc2c(c1)c1c(n2-c2cccnc2)CN(C)CC1. The lowest BCUT2D eigenvalue weighted by Gasteiger charge is -2.24. The van der Waals surface area contributed by atoms with Crippen molar-refractivity contribution in [1.29, 1.82) is 0 Å². The Hall–Kier alpha value is -2.13. The van der Waals surface area contributed by atoms with Gasteiger partial charge in [0, 0.05) is 30.4 Å². The quantitative estimate of drug-likeness (QED) is 0.680. The van der Waals surface area contributed by atoms with Gasteiger partial charge in [0.25, 0.3) is 0 Å². The Morgan fingerprint density at radius 2 is 2.10 bits per heavy atom. The summed E-state index contributed by atoms with van der Waals surface area (Å²) < 4.78 is 2.38. The van der Waals surface area contributed by atoms with Crippen LogP contribution in [0.5, 0.6) is 0 Å². The molecule has 0 saturated heterocycles. The van der Waals surface area contributed by atoms with Crippen LogP contribution < -0.4 is 0 Å². The van der Waals surface area contributed by atoms with Gasteiger partial charge in [-0.2, -0.15) is 0 Å². The number of aromatic nitrogens is 2. The van der Waals surface area contributed by atoms with Crippen LogP contribution in [-0.2, 0) is 13.0 Å². The Bertz CT molecular complexity index is 802. The van der Waals surface area contributed by atoms with Gasteiger partial charge in [0.2, 0.25) is 0 Å². The van der Waals surface area contributed by atoms with E-state index >= 15 is 0 Å². The summed E-state index contributed by atoms with van der Waals surface area (Å²) in [5, 5.41) is 1.40. The molecule has 4 rings (SSSR count). The van der Waals surface area contributed by atoms with Crippen molar-refractivity contribution in [3.8, 4) is 5.69 Å². The number of aryl methyl sites for hydroxylation is 1. The largest absolute Gasteiger partial charge is 0.310 e. The maximum atomic E-state index is 4.30. The van der Waals surface area contributed by atoms with Gasteiger partial charge in [0.1, 0.15) is 0 Å². The Balaban J connectivity index is 2.07. The van der Waals surface area contributed by atoms with Crippen molar-refractivity contribution in [3.05, 3.63) is 59.5 Å². The highest BCUT2D eigenvalue weighted by molar-refractivity contribution is 5.88. The second kappa shape index (κ2) is 4.71. The molecule has 0 unspecified atom stereocenters. The molecule has 0 atom stereocenters. The summed E-state index contributed by atoms with van der Waals surface area (Å²) in [6.07, 6.45) is 4.91. The second-order valence-corrected chi connectivity index (χ2v) is 5.98. The van der Waals surface area contributed by atoms with Gasteiger partial charge >= 0.3 is 0 Å². The summed E-state index contributed by atoms with van der Waals surface area (Å²) in [6.45, 7) is 4.30. The first-order valence-electron chi connectivity index (χ1n) is 7.46. The fraction of sp³-hybridized carbons (Fsp3) is 0.278. The summed E-state index contributed by atoms with van der Waals surface area (Å²) in [4.78, 5) is 6.69. The first-order valence-corrected chi connectivity index (χ1v) is 7.46. The molecule has 0 saturated carbocycles. The maximum absolute atomic E-state index is 4.30. The van der Waals surface area contributed by atoms with Gasteiger partial charge < -0.3 is 9.47 Å². The minimum atomic E-state index is 0.998. The summed E-state index contributed by atoms with van der Waals surface area (Å²) in [7, 11) is 2.19. The second-order valence-electron chi connectivity index (χ2n) is 5.98. The number of hydrogen-bond acceptors (Lipinski definition) is 2. The molecule has 0 amide bonds. The summed E-state index contributed by atoms with van der Waals surface area (Å²) in [6, 6.07) is 10.9. The lowest BCUT2D eigenvalue weighted by atomic mass is 10.0. The van der Waals surface area contributed by atoms with E-state index in [1.165, 1.54) is 27.7 Å². The van der Waals surface area contributed by atoms with Gasteiger partial charge in [-0.3, -0.25) is 4.98 Å². The van der Waals surface area contributed by atoms with Crippen LogP contribution in [-0.4, -0.2) is 28.0 Å². The van der Waals surface area contributed by atoms with E-state index in [-0.39, 0.29) is 0 Å². The molecule has 0 bridgehead atoms. The van der Waals surface area contributed by atoms with Crippen molar-refractivity contribution in [3.63, 3.8) is 0 Å². The molecule has 1 aliphatic heterocycles. The molecule has 1 aliphatic rings. The first kappa shape index (κ1) is 12.6. The van der Waals surface area contributed by atoms with Crippen molar-refractivity contribution < 1.29 is 0 Å². The lowest BCUT2D eigenvalue weighted by molar-refractivity contribution is 0.307. The van der Waals surface area contributed by atoms with E-state index < -0.39 is 0 Å². The molecular formula is C18H19N3. The van der Waals surface area contributed by atoms with Crippen molar-refractivity contribution in [2.75, 3.05) is 13.6 Å². The van der Waals surface area contributed by atoms with Crippen molar-refractivity contribution in [2.24, 2.45) is 0 Å². The van der Waals surface area contributed by atoms with E-state index in [0.29, 0.717) is 0 Å². The lowest BCUT2D eigenvalue weighted by Crippen LogP contribution is -2.27. The number of pyridine rings is 1.